The van der Waals surface area contributed by atoms with Crippen LogP contribution in [0.5, 0.6) is 5.88 Å². The van der Waals surface area contributed by atoms with Crippen LogP contribution in [0.1, 0.15) is 5.56 Å². The number of nitrogen functional groups attached to an aromatic ring is 1. The number of H-pyrrole nitrogens is 1. The Morgan fingerprint density at radius 1 is 1.09 bits per heavy atom. The van der Waals surface area contributed by atoms with E-state index in [1.165, 1.54) is 24.3 Å². The lowest BCUT2D eigenvalue weighted by atomic mass is 10.1. The number of benzene rings is 2. The van der Waals surface area contributed by atoms with Crippen LogP contribution in [0.25, 0.3) is 10.8 Å². The maximum absolute atomic E-state index is 13.6. The Bertz CT molecular complexity index is 906. The summed E-state index contributed by atoms with van der Waals surface area (Å²) in [6, 6.07) is 9.93. The van der Waals surface area contributed by atoms with Crippen LogP contribution in [0.2, 0.25) is 0 Å². The third-order valence-corrected chi connectivity index (χ3v) is 3.32. The van der Waals surface area contributed by atoms with Gasteiger partial charge in [-0.1, -0.05) is 18.2 Å². The number of anilines is 1. The number of rotatable bonds is 3. The van der Waals surface area contributed by atoms with E-state index < -0.39 is 17.2 Å². The molecule has 0 radical (unpaired) electrons. The molecule has 0 aliphatic carbocycles. The van der Waals surface area contributed by atoms with Crippen molar-refractivity contribution in [2.24, 2.45) is 0 Å². The molecule has 0 spiro atoms. The van der Waals surface area contributed by atoms with Gasteiger partial charge in [0, 0.05) is 16.3 Å². The highest BCUT2D eigenvalue weighted by Crippen LogP contribution is 2.27. The number of halogens is 2. The molecular weight excluding hydrogens is 290 g/mol. The zero-order chi connectivity index (χ0) is 15.7. The molecule has 1 aromatic heterocycles. The van der Waals surface area contributed by atoms with Crippen molar-refractivity contribution in [2.75, 3.05) is 5.73 Å². The van der Waals surface area contributed by atoms with E-state index in [4.69, 9.17) is 10.5 Å². The van der Waals surface area contributed by atoms with Crippen molar-refractivity contribution in [1.82, 2.24) is 4.98 Å². The highest BCUT2D eigenvalue weighted by atomic mass is 19.1. The highest BCUT2D eigenvalue weighted by molar-refractivity contribution is 5.95. The van der Waals surface area contributed by atoms with Gasteiger partial charge in [-0.3, -0.25) is 9.78 Å². The molecule has 0 aliphatic rings. The zero-order valence-corrected chi connectivity index (χ0v) is 11.4. The second kappa shape index (κ2) is 5.48. The van der Waals surface area contributed by atoms with Crippen molar-refractivity contribution in [3.63, 3.8) is 0 Å². The number of hydrogen-bond donors (Lipinski definition) is 2. The van der Waals surface area contributed by atoms with E-state index in [0.29, 0.717) is 16.3 Å². The largest absolute Gasteiger partial charge is 0.473 e. The van der Waals surface area contributed by atoms with E-state index in [2.05, 4.69) is 4.98 Å². The van der Waals surface area contributed by atoms with Gasteiger partial charge in [-0.2, -0.15) is 0 Å². The lowest BCUT2D eigenvalue weighted by Crippen LogP contribution is -2.14. The van der Waals surface area contributed by atoms with Crippen LogP contribution in [0.4, 0.5) is 14.5 Å². The minimum Gasteiger partial charge on any atom is -0.473 e. The Kier molecular flexibility index (Phi) is 3.50. The third-order valence-electron chi connectivity index (χ3n) is 3.32. The Morgan fingerprint density at radius 2 is 1.86 bits per heavy atom. The van der Waals surface area contributed by atoms with E-state index in [1.54, 1.807) is 18.2 Å². The van der Waals surface area contributed by atoms with Crippen LogP contribution in [0.15, 0.2) is 47.3 Å². The van der Waals surface area contributed by atoms with Gasteiger partial charge in [0.1, 0.15) is 23.9 Å². The maximum atomic E-state index is 13.6. The number of nitrogens with two attached hydrogens (primary N) is 1. The molecule has 2 aromatic carbocycles. The first-order valence-corrected chi connectivity index (χ1v) is 6.53. The van der Waals surface area contributed by atoms with Crippen molar-refractivity contribution >= 4 is 16.5 Å². The summed E-state index contributed by atoms with van der Waals surface area (Å²) in [4.78, 5) is 14.2. The molecule has 1 heterocycles. The molecule has 0 amide bonds. The van der Waals surface area contributed by atoms with Gasteiger partial charge < -0.3 is 10.5 Å². The molecule has 3 rings (SSSR count). The summed E-state index contributed by atoms with van der Waals surface area (Å²) in [5, 5.41) is 0.710. The smallest absolute Gasteiger partial charge is 0.274 e. The van der Waals surface area contributed by atoms with Crippen LogP contribution in [0.3, 0.4) is 0 Å². The zero-order valence-electron chi connectivity index (χ0n) is 11.4. The quantitative estimate of drug-likeness (QED) is 0.781. The Balaban J connectivity index is 2.04. The maximum Gasteiger partial charge on any atom is 0.274 e. The van der Waals surface area contributed by atoms with Crippen LogP contribution in [0, 0.1) is 11.6 Å². The third kappa shape index (κ3) is 2.50. The number of hydrogen-bond acceptors (Lipinski definition) is 3. The fourth-order valence-corrected chi connectivity index (χ4v) is 2.18. The molecule has 0 bridgehead atoms. The summed E-state index contributed by atoms with van der Waals surface area (Å²) in [6.07, 6.45) is 0. The normalized spacial score (nSPS) is 10.8. The summed E-state index contributed by atoms with van der Waals surface area (Å²) in [6.45, 7) is -0.0991. The fraction of sp³-hybridized carbons (Fsp3) is 0.0625. The van der Waals surface area contributed by atoms with E-state index in [0.717, 1.165) is 0 Å². The monoisotopic (exact) mass is 302 g/mol. The van der Waals surface area contributed by atoms with Crippen molar-refractivity contribution in [3.05, 3.63) is 70.0 Å². The van der Waals surface area contributed by atoms with Gasteiger partial charge in [-0.25, -0.2) is 8.78 Å². The Morgan fingerprint density at radius 3 is 2.64 bits per heavy atom. The molecular formula is C16H12F2N2O2. The molecule has 0 atom stereocenters. The van der Waals surface area contributed by atoms with Gasteiger partial charge in [-0.15, -0.1) is 0 Å². The first-order valence-electron chi connectivity index (χ1n) is 6.53. The van der Waals surface area contributed by atoms with Gasteiger partial charge in [0.05, 0.1) is 0 Å². The second-order valence-corrected chi connectivity index (χ2v) is 4.77. The van der Waals surface area contributed by atoms with E-state index in [-0.39, 0.29) is 18.2 Å². The molecule has 3 N–H and O–H groups in total. The van der Waals surface area contributed by atoms with Gasteiger partial charge in [0.25, 0.3) is 5.56 Å². The minimum absolute atomic E-state index is 0.0201. The van der Waals surface area contributed by atoms with Gasteiger partial charge in [-0.05, 0) is 24.3 Å². The fourth-order valence-electron chi connectivity index (χ4n) is 2.18. The predicted octanol–water partition coefficient (Wildman–Crippen LogP) is 2.97. The predicted molar refractivity (Wildman–Crippen MR) is 79.7 cm³/mol. The lowest BCUT2D eigenvalue weighted by Gasteiger charge is -2.11. The van der Waals surface area contributed by atoms with Crippen LogP contribution in [-0.2, 0) is 6.61 Å². The SMILES string of the molecule is Nc1c(=O)[nH]c(OCc2ccccc2F)c2cc(F)ccc12. The molecule has 22 heavy (non-hydrogen) atoms. The number of ether oxygens (including phenoxy) is 1. The average Bonchev–Trinajstić information content (AvgIpc) is 2.51. The van der Waals surface area contributed by atoms with E-state index in [1.807, 2.05) is 0 Å². The summed E-state index contributed by atoms with van der Waals surface area (Å²) >= 11 is 0. The second-order valence-electron chi connectivity index (χ2n) is 4.77. The van der Waals surface area contributed by atoms with Gasteiger partial charge >= 0.3 is 0 Å². The number of aromatic amines is 1. The number of pyridine rings is 1. The Hall–Kier alpha value is -2.89. The molecule has 3 aromatic rings. The van der Waals surface area contributed by atoms with E-state index in [9.17, 15) is 13.6 Å². The highest BCUT2D eigenvalue weighted by Gasteiger charge is 2.11. The standard InChI is InChI=1S/C16H12F2N2O2/c17-10-5-6-11-12(7-10)16(20-15(21)14(11)19)22-8-9-3-1-2-4-13(9)18/h1-7H,8,19H2,(H,20,21). The van der Waals surface area contributed by atoms with E-state index >= 15 is 0 Å². The lowest BCUT2D eigenvalue weighted by molar-refractivity contribution is 0.291. The molecule has 112 valence electrons. The van der Waals surface area contributed by atoms with Gasteiger partial charge in [0.15, 0.2) is 0 Å². The van der Waals surface area contributed by atoms with Crippen LogP contribution in [-0.4, -0.2) is 4.98 Å². The number of aromatic nitrogens is 1. The first kappa shape index (κ1) is 14.1. The molecule has 0 fully saturated rings. The summed E-state index contributed by atoms with van der Waals surface area (Å²) in [5.74, 6) is -0.859. The Labute approximate surface area is 124 Å². The van der Waals surface area contributed by atoms with Crippen LogP contribution < -0.4 is 16.0 Å². The molecule has 0 saturated heterocycles. The minimum atomic E-state index is -0.539. The van der Waals surface area contributed by atoms with Crippen LogP contribution >= 0.6 is 0 Å². The van der Waals surface area contributed by atoms with Gasteiger partial charge in [0.2, 0.25) is 5.88 Å². The summed E-state index contributed by atoms with van der Waals surface area (Å²) in [5.41, 5.74) is 5.45. The van der Waals surface area contributed by atoms with Crippen molar-refractivity contribution in [2.45, 2.75) is 6.61 Å². The molecule has 0 unspecified atom stereocenters. The average molecular weight is 302 g/mol. The van der Waals surface area contributed by atoms with Crippen molar-refractivity contribution < 1.29 is 13.5 Å². The molecule has 6 heteroatoms. The van der Waals surface area contributed by atoms with Crippen molar-refractivity contribution in [1.29, 1.82) is 0 Å². The summed E-state index contributed by atoms with van der Waals surface area (Å²) in [7, 11) is 0. The number of fused-ring (bicyclic) bond motifs is 1. The molecule has 0 aliphatic heterocycles. The van der Waals surface area contributed by atoms with Crippen molar-refractivity contribution in [3.8, 4) is 5.88 Å². The molecule has 4 nitrogen and oxygen atoms in total. The topological polar surface area (TPSA) is 68.1 Å². The number of nitrogens with one attached hydrogen (secondary N) is 1. The summed E-state index contributed by atoms with van der Waals surface area (Å²) < 4.78 is 32.5. The molecule has 0 saturated carbocycles. The first-order chi connectivity index (χ1) is 10.6.